The molecule has 2 heterocycles. The number of furan rings is 1. The first-order chi connectivity index (χ1) is 6.33. The van der Waals surface area contributed by atoms with E-state index >= 15 is 0 Å². The molecule has 1 amide bonds. The van der Waals surface area contributed by atoms with Crippen LogP contribution in [-0.2, 0) is 4.79 Å². The van der Waals surface area contributed by atoms with Crippen LogP contribution in [0.2, 0.25) is 0 Å². The maximum Gasteiger partial charge on any atom is 0.229 e. The van der Waals surface area contributed by atoms with E-state index in [9.17, 15) is 4.79 Å². The molecule has 2 fully saturated rings. The van der Waals surface area contributed by atoms with Gasteiger partial charge in [0, 0.05) is 0 Å². The normalized spacial score (nSPS) is 29.2. The highest BCUT2D eigenvalue weighted by atomic mass is 16.3. The van der Waals surface area contributed by atoms with Crippen molar-refractivity contribution >= 4 is 5.91 Å². The van der Waals surface area contributed by atoms with E-state index in [0.29, 0.717) is 0 Å². The fraction of sp³-hybridized carbons (Fsp3) is 0.500. The summed E-state index contributed by atoms with van der Waals surface area (Å²) in [5.41, 5.74) is -0.0994. The largest absolute Gasteiger partial charge is 0.467 e. The minimum Gasteiger partial charge on any atom is -0.467 e. The zero-order valence-electron chi connectivity index (χ0n) is 7.25. The van der Waals surface area contributed by atoms with E-state index in [0.717, 1.165) is 18.6 Å². The zero-order chi connectivity index (χ0) is 8.89. The van der Waals surface area contributed by atoms with Crippen LogP contribution in [0, 0.1) is 5.41 Å². The molecule has 0 radical (unpaired) electrons. The Morgan fingerprint density at radius 2 is 2.38 bits per heavy atom. The van der Waals surface area contributed by atoms with Crippen molar-refractivity contribution in [1.82, 2.24) is 5.32 Å². The van der Waals surface area contributed by atoms with E-state index in [1.807, 2.05) is 12.1 Å². The van der Waals surface area contributed by atoms with E-state index in [-0.39, 0.29) is 17.4 Å². The van der Waals surface area contributed by atoms with Crippen LogP contribution in [0.5, 0.6) is 0 Å². The van der Waals surface area contributed by atoms with Gasteiger partial charge in [0.2, 0.25) is 5.91 Å². The lowest BCUT2D eigenvalue weighted by molar-refractivity contribution is -0.156. The molecule has 68 valence electrons. The van der Waals surface area contributed by atoms with E-state index in [1.165, 1.54) is 6.42 Å². The van der Waals surface area contributed by atoms with E-state index in [4.69, 9.17) is 4.42 Å². The van der Waals surface area contributed by atoms with E-state index in [2.05, 4.69) is 5.32 Å². The minimum absolute atomic E-state index is 0.0994. The molecule has 0 aromatic carbocycles. The van der Waals surface area contributed by atoms with Crippen molar-refractivity contribution in [2.45, 2.75) is 25.3 Å². The second kappa shape index (κ2) is 2.16. The monoisotopic (exact) mass is 177 g/mol. The summed E-state index contributed by atoms with van der Waals surface area (Å²) < 4.78 is 5.30. The Morgan fingerprint density at radius 1 is 1.54 bits per heavy atom. The molecule has 1 unspecified atom stereocenters. The molecule has 1 N–H and O–H groups in total. The van der Waals surface area contributed by atoms with Crippen molar-refractivity contribution in [3.8, 4) is 0 Å². The van der Waals surface area contributed by atoms with Crippen LogP contribution in [0.4, 0.5) is 0 Å². The first-order valence-electron chi connectivity index (χ1n) is 4.67. The number of amides is 1. The molecule has 1 spiro atoms. The van der Waals surface area contributed by atoms with Crippen molar-refractivity contribution in [3.63, 3.8) is 0 Å². The van der Waals surface area contributed by atoms with Gasteiger partial charge in [-0.3, -0.25) is 4.79 Å². The van der Waals surface area contributed by atoms with Crippen LogP contribution >= 0.6 is 0 Å². The number of hydrogen-bond acceptors (Lipinski definition) is 2. The summed E-state index contributed by atoms with van der Waals surface area (Å²) in [5, 5.41) is 2.91. The molecular formula is C10H11NO2. The number of rotatable bonds is 1. The maximum atomic E-state index is 11.4. The molecule has 3 rings (SSSR count). The third-order valence-electron chi connectivity index (χ3n) is 3.35. The molecule has 13 heavy (non-hydrogen) atoms. The molecule has 3 heteroatoms. The van der Waals surface area contributed by atoms with Gasteiger partial charge >= 0.3 is 0 Å². The van der Waals surface area contributed by atoms with Crippen LogP contribution in [0.1, 0.15) is 31.1 Å². The number of nitrogens with one attached hydrogen (secondary N) is 1. The Kier molecular flexibility index (Phi) is 1.19. The van der Waals surface area contributed by atoms with Gasteiger partial charge in [0.25, 0.3) is 0 Å². The number of carbonyl (C=O) groups is 1. The Balaban J connectivity index is 1.91. The molecule has 1 aromatic rings. The molecule has 1 aliphatic carbocycles. The molecule has 1 aliphatic heterocycles. The number of hydrogen-bond donors (Lipinski definition) is 1. The molecular weight excluding hydrogens is 166 g/mol. The van der Waals surface area contributed by atoms with Crippen LogP contribution in [0.15, 0.2) is 22.8 Å². The average molecular weight is 177 g/mol. The van der Waals surface area contributed by atoms with Gasteiger partial charge in [0.15, 0.2) is 0 Å². The van der Waals surface area contributed by atoms with Gasteiger partial charge in [-0.25, -0.2) is 0 Å². The summed E-state index contributed by atoms with van der Waals surface area (Å²) in [5.74, 6) is 1.11. The van der Waals surface area contributed by atoms with Gasteiger partial charge in [-0.15, -0.1) is 0 Å². The Morgan fingerprint density at radius 3 is 2.85 bits per heavy atom. The molecule has 1 aromatic heterocycles. The number of carbonyl (C=O) groups excluding carboxylic acids is 1. The first-order valence-corrected chi connectivity index (χ1v) is 4.67. The van der Waals surface area contributed by atoms with Crippen molar-refractivity contribution in [3.05, 3.63) is 24.2 Å². The third-order valence-corrected chi connectivity index (χ3v) is 3.35. The minimum atomic E-state index is -0.0994. The predicted octanol–water partition coefficient (Wildman–Crippen LogP) is 1.62. The van der Waals surface area contributed by atoms with Crippen molar-refractivity contribution in [2.24, 2.45) is 5.41 Å². The highest BCUT2D eigenvalue weighted by molar-refractivity contribution is 5.91. The topological polar surface area (TPSA) is 42.2 Å². The molecule has 3 nitrogen and oxygen atoms in total. The predicted molar refractivity (Wildman–Crippen MR) is 45.9 cm³/mol. The SMILES string of the molecule is O=C1NC(c2ccco2)C12CCC2. The smallest absolute Gasteiger partial charge is 0.229 e. The summed E-state index contributed by atoms with van der Waals surface area (Å²) in [7, 11) is 0. The van der Waals surface area contributed by atoms with Gasteiger partial charge < -0.3 is 9.73 Å². The van der Waals surface area contributed by atoms with Crippen molar-refractivity contribution in [2.75, 3.05) is 0 Å². The summed E-state index contributed by atoms with van der Waals surface area (Å²) in [6.45, 7) is 0. The van der Waals surface area contributed by atoms with E-state index < -0.39 is 0 Å². The van der Waals surface area contributed by atoms with Crippen LogP contribution < -0.4 is 5.32 Å². The van der Waals surface area contributed by atoms with Crippen LogP contribution in [0.25, 0.3) is 0 Å². The van der Waals surface area contributed by atoms with E-state index in [1.54, 1.807) is 6.26 Å². The van der Waals surface area contributed by atoms with Crippen LogP contribution in [-0.4, -0.2) is 5.91 Å². The quantitative estimate of drug-likeness (QED) is 0.662. The molecule has 2 aliphatic rings. The molecule has 0 bridgehead atoms. The number of β-lactam (4-membered cyclic amide) rings is 1. The highest BCUT2D eigenvalue weighted by Crippen LogP contribution is 2.55. The second-order valence-electron chi connectivity index (χ2n) is 3.93. The van der Waals surface area contributed by atoms with Crippen molar-refractivity contribution in [1.29, 1.82) is 0 Å². The molecule has 1 atom stereocenters. The fourth-order valence-electron chi connectivity index (χ4n) is 2.34. The van der Waals surface area contributed by atoms with Gasteiger partial charge in [0.05, 0.1) is 11.7 Å². The maximum absolute atomic E-state index is 11.4. The molecule has 1 saturated heterocycles. The fourth-order valence-corrected chi connectivity index (χ4v) is 2.34. The Hall–Kier alpha value is -1.25. The second-order valence-corrected chi connectivity index (χ2v) is 3.93. The summed E-state index contributed by atoms with van der Waals surface area (Å²) in [4.78, 5) is 11.4. The standard InChI is InChI=1S/C10H11NO2/c12-9-10(4-2-5-10)8(11-9)7-3-1-6-13-7/h1,3,6,8H,2,4-5H2,(H,11,12). The summed E-state index contributed by atoms with van der Waals surface area (Å²) in [6.07, 6.45) is 4.87. The lowest BCUT2D eigenvalue weighted by atomic mass is 9.58. The summed E-state index contributed by atoms with van der Waals surface area (Å²) >= 11 is 0. The van der Waals surface area contributed by atoms with Crippen LogP contribution in [0.3, 0.4) is 0 Å². The van der Waals surface area contributed by atoms with Gasteiger partial charge in [0.1, 0.15) is 11.8 Å². The van der Waals surface area contributed by atoms with Crippen molar-refractivity contribution < 1.29 is 9.21 Å². The lowest BCUT2D eigenvalue weighted by Gasteiger charge is -2.53. The average Bonchev–Trinajstić information content (AvgIpc) is 2.48. The highest BCUT2D eigenvalue weighted by Gasteiger charge is 2.59. The van der Waals surface area contributed by atoms with Gasteiger partial charge in [-0.2, -0.15) is 0 Å². The zero-order valence-corrected chi connectivity index (χ0v) is 7.25. The Labute approximate surface area is 76.1 Å². The third kappa shape index (κ3) is 0.723. The Bertz CT molecular complexity index is 338. The van der Waals surface area contributed by atoms with Gasteiger partial charge in [-0.05, 0) is 25.0 Å². The van der Waals surface area contributed by atoms with Gasteiger partial charge in [-0.1, -0.05) is 6.42 Å². The summed E-state index contributed by atoms with van der Waals surface area (Å²) in [6, 6.07) is 3.94. The first kappa shape index (κ1) is 7.18. The lowest BCUT2D eigenvalue weighted by Crippen LogP contribution is -2.64. The molecule has 1 saturated carbocycles.